The van der Waals surface area contributed by atoms with Crippen LogP contribution in [0.4, 0.5) is 11.4 Å². The van der Waals surface area contributed by atoms with Crippen LogP contribution in [-0.4, -0.2) is 5.71 Å². The second-order valence-corrected chi connectivity index (χ2v) is 8.82. The summed E-state index contributed by atoms with van der Waals surface area (Å²) in [6.45, 7) is 0. The summed E-state index contributed by atoms with van der Waals surface area (Å²) in [5, 5.41) is 8.70. The summed E-state index contributed by atoms with van der Waals surface area (Å²) in [4.78, 5) is 5.13. The van der Waals surface area contributed by atoms with Gasteiger partial charge in [-0.1, -0.05) is 88.7 Å². The smallest absolute Gasteiger partial charge is 0.0947 e. The fraction of sp³-hybridized carbons (Fsp3) is 0.0357. The zero-order chi connectivity index (χ0) is 20.8. The molecule has 0 radical (unpaired) electrons. The minimum Gasteiger partial charge on any atom is -0.371 e. The van der Waals surface area contributed by atoms with Crippen molar-refractivity contribution >= 4 is 54.6 Å². The van der Waals surface area contributed by atoms with Crippen molar-refractivity contribution in [1.82, 2.24) is 0 Å². The van der Waals surface area contributed by atoms with E-state index in [-0.39, 0.29) is 6.04 Å². The highest BCUT2D eigenvalue weighted by molar-refractivity contribution is 9.10. The Kier molecular flexibility index (Phi) is 4.36. The lowest BCUT2D eigenvalue weighted by Crippen LogP contribution is -2.25. The van der Waals surface area contributed by atoms with Crippen LogP contribution >= 0.6 is 15.9 Å². The molecule has 1 aliphatic heterocycles. The van der Waals surface area contributed by atoms with Gasteiger partial charge in [-0.05, 0) is 63.0 Å². The molecule has 0 saturated heterocycles. The van der Waals surface area contributed by atoms with Gasteiger partial charge in [-0.15, -0.1) is 0 Å². The molecule has 0 aromatic heterocycles. The average molecular weight is 463 g/mol. The van der Waals surface area contributed by atoms with E-state index in [0.29, 0.717) is 0 Å². The Morgan fingerprint density at radius 2 is 1.32 bits per heavy atom. The first kappa shape index (κ1) is 18.3. The van der Waals surface area contributed by atoms with E-state index in [2.05, 4.69) is 118 Å². The van der Waals surface area contributed by atoms with Gasteiger partial charge >= 0.3 is 0 Å². The number of fused-ring (bicyclic) bond motifs is 3. The molecule has 1 N–H and O–H groups in total. The molecule has 0 bridgehead atoms. The van der Waals surface area contributed by atoms with Gasteiger partial charge in [-0.2, -0.15) is 0 Å². The summed E-state index contributed by atoms with van der Waals surface area (Å²) in [7, 11) is 0. The predicted molar refractivity (Wildman–Crippen MR) is 135 cm³/mol. The SMILES string of the molecule is Brc1ccc2c(c1)NC(c1ccc3ccccc3c1)C(c1ccc3ccccc3c1)=N2. The first-order chi connectivity index (χ1) is 15.2. The lowest BCUT2D eigenvalue weighted by Gasteiger charge is -2.28. The Hall–Kier alpha value is -3.43. The number of hydrogen-bond donors (Lipinski definition) is 1. The van der Waals surface area contributed by atoms with Crippen LogP contribution in [0.3, 0.4) is 0 Å². The van der Waals surface area contributed by atoms with Gasteiger partial charge in [0.25, 0.3) is 0 Å². The molecule has 148 valence electrons. The maximum absolute atomic E-state index is 5.13. The monoisotopic (exact) mass is 462 g/mol. The van der Waals surface area contributed by atoms with Gasteiger partial charge in [0.15, 0.2) is 0 Å². The minimum absolute atomic E-state index is 0.0347. The maximum Gasteiger partial charge on any atom is 0.0947 e. The third kappa shape index (κ3) is 3.31. The van der Waals surface area contributed by atoms with Crippen molar-refractivity contribution < 1.29 is 0 Å². The number of rotatable bonds is 2. The second-order valence-electron chi connectivity index (χ2n) is 7.90. The van der Waals surface area contributed by atoms with Gasteiger partial charge in [0, 0.05) is 4.47 Å². The largest absolute Gasteiger partial charge is 0.371 e. The number of benzene rings is 5. The highest BCUT2D eigenvalue weighted by atomic mass is 79.9. The topological polar surface area (TPSA) is 24.4 Å². The quantitative estimate of drug-likeness (QED) is 0.282. The Balaban J connectivity index is 1.54. The fourth-order valence-corrected chi connectivity index (χ4v) is 4.71. The number of nitrogens with one attached hydrogen (secondary N) is 1. The summed E-state index contributed by atoms with van der Waals surface area (Å²) >= 11 is 3.60. The van der Waals surface area contributed by atoms with Crippen LogP contribution in [0.1, 0.15) is 17.2 Å². The Bertz CT molecular complexity index is 1490. The molecule has 1 aliphatic rings. The molecular weight excluding hydrogens is 444 g/mol. The molecule has 1 unspecified atom stereocenters. The predicted octanol–water partition coefficient (Wildman–Crippen LogP) is 8.04. The first-order valence-electron chi connectivity index (χ1n) is 10.4. The molecule has 0 saturated carbocycles. The molecule has 0 amide bonds. The molecule has 0 spiro atoms. The normalized spacial score (nSPS) is 15.4. The van der Waals surface area contributed by atoms with Crippen LogP contribution in [0.25, 0.3) is 21.5 Å². The molecule has 6 rings (SSSR count). The van der Waals surface area contributed by atoms with E-state index in [1.54, 1.807) is 0 Å². The Morgan fingerprint density at radius 1 is 0.645 bits per heavy atom. The third-order valence-corrected chi connectivity index (χ3v) is 6.42. The molecule has 0 fully saturated rings. The van der Waals surface area contributed by atoms with Crippen LogP contribution in [0.15, 0.2) is 113 Å². The molecule has 1 atom stereocenters. The summed E-state index contributed by atoms with van der Waals surface area (Å²) < 4.78 is 1.04. The van der Waals surface area contributed by atoms with E-state index in [4.69, 9.17) is 4.99 Å². The van der Waals surface area contributed by atoms with Gasteiger partial charge in [-0.25, -0.2) is 4.99 Å². The van der Waals surface area contributed by atoms with E-state index >= 15 is 0 Å². The van der Waals surface area contributed by atoms with E-state index < -0.39 is 0 Å². The molecule has 5 aromatic carbocycles. The lowest BCUT2D eigenvalue weighted by molar-refractivity contribution is 1.02. The zero-order valence-electron chi connectivity index (χ0n) is 16.7. The minimum atomic E-state index is -0.0347. The highest BCUT2D eigenvalue weighted by Crippen LogP contribution is 2.39. The number of nitrogens with zero attached hydrogens (tertiary/aromatic N) is 1. The summed E-state index contributed by atoms with van der Waals surface area (Å²) in [5.41, 5.74) is 5.38. The van der Waals surface area contributed by atoms with E-state index in [1.165, 1.54) is 27.1 Å². The van der Waals surface area contributed by atoms with Gasteiger partial charge < -0.3 is 5.32 Å². The van der Waals surface area contributed by atoms with E-state index in [0.717, 1.165) is 27.1 Å². The molecule has 3 heteroatoms. The van der Waals surface area contributed by atoms with E-state index in [9.17, 15) is 0 Å². The second kappa shape index (κ2) is 7.36. The van der Waals surface area contributed by atoms with Gasteiger partial charge in [0.2, 0.25) is 0 Å². The standard InChI is InChI=1S/C28H19BrN2/c29-24-13-14-25-26(17-24)31-28(23-12-10-19-6-2-4-8-21(19)16-23)27(30-25)22-11-9-18-5-1-3-7-20(18)15-22/h1-17,28,31H. The van der Waals surface area contributed by atoms with Crippen LogP contribution in [-0.2, 0) is 0 Å². The van der Waals surface area contributed by atoms with Crippen LogP contribution in [0.5, 0.6) is 0 Å². The van der Waals surface area contributed by atoms with Crippen LogP contribution < -0.4 is 5.32 Å². The number of halogens is 1. The van der Waals surface area contributed by atoms with Gasteiger partial charge in [0.05, 0.1) is 23.1 Å². The highest BCUT2D eigenvalue weighted by Gasteiger charge is 2.26. The number of hydrogen-bond acceptors (Lipinski definition) is 2. The Labute approximate surface area is 189 Å². The van der Waals surface area contributed by atoms with Crippen molar-refractivity contribution in [1.29, 1.82) is 0 Å². The van der Waals surface area contributed by atoms with E-state index in [1.807, 2.05) is 6.07 Å². The molecule has 1 heterocycles. The number of anilines is 1. The molecule has 0 aliphatic carbocycles. The van der Waals surface area contributed by atoms with Gasteiger partial charge in [-0.3, -0.25) is 0 Å². The maximum atomic E-state index is 5.13. The summed E-state index contributed by atoms with van der Waals surface area (Å²) in [5.74, 6) is 0. The van der Waals surface area contributed by atoms with Crippen molar-refractivity contribution in [2.24, 2.45) is 4.99 Å². The lowest BCUT2D eigenvalue weighted by atomic mass is 9.91. The molecular formula is C28H19BrN2. The molecule has 31 heavy (non-hydrogen) atoms. The fourth-order valence-electron chi connectivity index (χ4n) is 4.35. The van der Waals surface area contributed by atoms with Crippen molar-refractivity contribution in [3.8, 4) is 0 Å². The molecule has 2 nitrogen and oxygen atoms in total. The third-order valence-electron chi connectivity index (χ3n) is 5.92. The van der Waals surface area contributed by atoms with Crippen molar-refractivity contribution in [3.05, 3.63) is 119 Å². The van der Waals surface area contributed by atoms with Crippen molar-refractivity contribution in [3.63, 3.8) is 0 Å². The van der Waals surface area contributed by atoms with Crippen LogP contribution in [0.2, 0.25) is 0 Å². The molecule has 5 aromatic rings. The number of aliphatic imine (C=N–C) groups is 1. The van der Waals surface area contributed by atoms with Gasteiger partial charge in [0.1, 0.15) is 0 Å². The zero-order valence-corrected chi connectivity index (χ0v) is 18.3. The summed E-state index contributed by atoms with van der Waals surface area (Å²) in [6.07, 6.45) is 0. The Morgan fingerprint density at radius 3 is 2.10 bits per heavy atom. The average Bonchev–Trinajstić information content (AvgIpc) is 2.82. The first-order valence-corrected chi connectivity index (χ1v) is 11.2. The van der Waals surface area contributed by atoms with Crippen molar-refractivity contribution in [2.75, 3.05) is 5.32 Å². The van der Waals surface area contributed by atoms with Crippen LogP contribution in [0, 0.1) is 0 Å². The summed E-state index contributed by atoms with van der Waals surface area (Å²) in [6, 6.07) is 36.4. The van der Waals surface area contributed by atoms with Crippen molar-refractivity contribution in [2.45, 2.75) is 6.04 Å².